The van der Waals surface area contributed by atoms with Crippen LogP contribution in [0.2, 0.25) is 0 Å². The first-order valence-corrected chi connectivity index (χ1v) is 6.36. The van der Waals surface area contributed by atoms with Gasteiger partial charge in [0.2, 0.25) is 0 Å². The van der Waals surface area contributed by atoms with E-state index < -0.39 is 0 Å². The van der Waals surface area contributed by atoms with E-state index in [2.05, 4.69) is 17.1 Å². The van der Waals surface area contributed by atoms with Gasteiger partial charge < -0.3 is 10.5 Å². The average Bonchev–Trinajstić information content (AvgIpc) is 2.37. The van der Waals surface area contributed by atoms with Gasteiger partial charge in [0, 0.05) is 17.7 Å². The van der Waals surface area contributed by atoms with Crippen molar-refractivity contribution in [1.29, 1.82) is 0 Å². The third-order valence-electron chi connectivity index (χ3n) is 3.17. The van der Waals surface area contributed by atoms with E-state index in [1.54, 1.807) is 0 Å². The lowest BCUT2D eigenvalue weighted by molar-refractivity contribution is 0.0575. The highest BCUT2D eigenvalue weighted by atomic mass is 16.5. The summed E-state index contributed by atoms with van der Waals surface area (Å²) in [5.74, 6) is 0. The number of aromatic nitrogens is 1. The molecule has 1 heterocycles. The summed E-state index contributed by atoms with van der Waals surface area (Å²) in [6.45, 7) is 6.67. The van der Waals surface area contributed by atoms with E-state index in [0.717, 1.165) is 22.2 Å². The van der Waals surface area contributed by atoms with Gasteiger partial charge >= 0.3 is 0 Å². The topological polar surface area (TPSA) is 48.1 Å². The summed E-state index contributed by atoms with van der Waals surface area (Å²) in [5, 5.41) is 1.12. The lowest BCUT2D eigenvalue weighted by atomic mass is 10.0. The van der Waals surface area contributed by atoms with Crippen molar-refractivity contribution < 1.29 is 4.74 Å². The quantitative estimate of drug-likeness (QED) is 0.899. The van der Waals surface area contributed by atoms with Crippen LogP contribution in [0.1, 0.15) is 31.1 Å². The van der Waals surface area contributed by atoms with E-state index in [-0.39, 0.29) is 12.1 Å². The Morgan fingerprint density at radius 1 is 1.28 bits per heavy atom. The lowest BCUT2D eigenvalue weighted by Crippen LogP contribution is -2.26. The molecule has 0 saturated heterocycles. The predicted octanol–water partition coefficient (Wildman–Crippen LogP) is 2.97. The van der Waals surface area contributed by atoms with Crippen molar-refractivity contribution in [3.8, 4) is 0 Å². The number of ether oxygens (including phenoxy) is 1. The standard InChI is InChI=1S/C15H20N2O/c1-4-18-11(3)15(16)13-7-8-14-12(9-13)6-5-10(2)17-14/h5-9,11,15H,4,16H2,1-3H3. The number of nitrogens with zero attached hydrogens (tertiary/aromatic N) is 1. The van der Waals surface area contributed by atoms with E-state index in [4.69, 9.17) is 10.5 Å². The normalized spacial score (nSPS) is 14.7. The Balaban J connectivity index is 2.32. The van der Waals surface area contributed by atoms with Crippen molar-refractivity contribution in [3.63, 3.8) is 0 Å². The molecule has 0 aliphatic carbocycles. The molecule has 18 heavy (non-hydrogen) atoms. The Labute approximate surface area is 108 Å². The Hall–Kier alpha value is -1.45. The zero-order chi connectivity index (χ0) is 13.1. The summed E-state index contributed by atoms with van der Waals surface area (Å²) in [6.07, 6.45) is 0.0193. The van der Waals surface area contributed by atoms with Gasteiger partial charge in [0.1, 0.15) is 0 Å². The van der Waals surface area contributed by atoms with Gasteiger partial charge in [-0.3, -0.25) is 4.98 Å². The molecule has 2 unspecified atom stereocenters. The van der Waals surface area contributed by atoms with Crippen molar-refractivity contribution in [2.45, 2.75) is 32.9 Å². The fourth-order valence-electron chi connectivity index (χ4n) is 2.09. The minimum atomic E-state index is -0.101. The maximum absolute atomic E-state index is 6.20. The third kappa shape index (κ3) is 2.68. The van der Waals surface area contributed by atoms with Crippen LogP contribution in [0.25, 0.3) is 10.9 Å². The van der Waals surface area contributed by atoms with Crippen LogP contribution >= 0.6 is 0 Å². The van der Waals surface area contributed by atoms with E-state index in [1.165, 1.54) is 0 Å². The molecule has 96 valence electrons. The molecule has 1 aromatic carbocycles. The SMILES string of the molecule is CCOC(C)C(N)c1ccc2nc(C)ccc2c1. The Kier molecular flexibility index (Phi) is 3.94. The molecule has 0 spiro atoms. The maximum atomic E-state index is 6.20. The highest BCUT2D eigenvalue weighted by molar-refractivity contribution is 5.79. The molecule has 2 atom stereocenters. The number of hydrogen-bond acceptors (Lipinski definition) is 3. The monoisotopic (exact) mass is 244 g/mol. The van der Waals surface area contributed by atoms with Crippen LogP contribution < -0.4 is 5.73 Å². The minimum Gasteiger partial charge on any atom is -0.377 e. The zero-order valence-corrected chi connectivity index (χ0v) is 11.2. The van der Waals surface area contributed by atoms with Gasteiger partial charge in [0.25, 0.3) is 0 Å². The number of benzene rings is 1. The fraction of sp³-hybridized carbons (Fsp3) is 0.400. The number of fused-ring (bicyclic) bond motifs is 1. The van der Waals surface area contributed by atoms with Crippen LogP contribution in [0.3, 0.4) is 0 Å². The maximum Gasteiger partial charge on any atom is 0.0739 e. The van der Waals surface area contributed by atoms with Gasteiger partial charge in [-0.05, 0) is 44.5 Å². The predicted molar refractivity (Wildman–Crippen MR) is 74.5 cm³/mol. The summed E-state index contributed by atoms with van der Waals surface area (Å²) in [4.78, 5) is 4.49. The Bertz CT molecular complexity index is 539. The summed E-state index contributed by atoms with van der Waals surface area (Å²) < 4.78 is 5.55. The second-order valence-corrected chi connectivity index (χ2v) is 4.59. The first kappa shape index (κ1) is 13.0. The number of pyridine rings is 1. The molecule has 2 aromatic rings. The van der Waals surface area contributed by atoms with E-state index in [0.29, 0.717) is 6.61 Å². The molecular formula is C15H20N2O. The van der Waals surface area contributed by atoms with Crippen molar-refractivity contribution in [1.82, 2.24) is 4.98 Å². The molecular weight excluding hydrogens is 224 g/mol. The Morgan fingerprint density at radius 3 is 2.78 bits per heavy atom. The molecule has 0 aliphatic heterocycles. The smallest absolute Gasteiger partial charge is 0.0739 e. The van der Waals surface area contributed by atoms with Gasteiger partial charge in [0.15, 0.2) is 0 Å². The van der Waals surface area contributed by atoms with Crippen LogP contribution in [-0.4, -0.2) is 17.7 Å². The number of aryl methyl sites for hydroxylation is 1. The third-order valence-corrected chi connectivity index (χ3v) is 3.17. The lowest BCUT2D eigenvalue weighted by Gasteiger charge is -2.20. The Morgan fingerprint density at radius 2 is 2.06 bits per heavy atom. The molecule has 0 radical (unpaired) electrons. The van der Waals surface area contributed by atoms with E-state index in [1.807, 2.05) is 39.0 Å². The molecule has 2 rings (SSSR count). The molecule has 0 amide bonds. The number of rotatable bonds is 4. The molecule has 1 aromatic heterocycles. The summed E-state index contributed by atoms with van der Waals surface area (Å²) >= 11 is 0. The second-order valence-electron chi connectivity index (χ2n) is 4.59. The van der Waals surface area contributed by atoms with Gasteiger partial charge in [-0.2, -0.15) is 0 Å². The highest BCUT2D eigenvalue weighted by Crippen LogP contribution is 2.21. The van der Waals surface area contributed by atoms with Gasteiger partial charge in [0.05, 0.1) is 17.7 Å². The molecule has 0 fully saturated rings. The zero-order valence-electron chi connectivity index (χ0n) is 11.2. The van der Waals surface area contributed by atoms with E-state index in [9.17, 15) is 0 Å². The second kappa shape index (κ2) is 5.46. The molecule has 0 bridgehead atoms. The van der Waals surface area contributed by atoms with Gasteiger partial charge in [-0.15, -0.1) is 0 Å². The van der Waals surface area contributed by atoms with Crippen molar-refractivity contribution in [3.05, 3.63) is 41.6 Å². The molecule has 2 N–H and O–H groups in total. The van der Waals surface area contributed by atoms with Crippen LogP contribution in [0.4, 0.5) is 0 Å². The first-order chi connectivity index (χ1) is 8.61. The van der Waals surface area contributed by atoms with E-state index >= 15 is 0 Å². The fourth-order valence-corrected chi connectivity index (χ4v) is 2.09. The summed E-state index contributed by atoms with van der Waals surface area (Å²) in [7, 11) is 0. The van der Waals surface area contributed by atoms with Gasteiger partial charge in [-0.1, -0.05) is 12.1 Å². The number of hydrogen-bond donors (Lipinski definition) is 1. The minimum absolute atomic E-state index is 0.0193. The number of nitrogens with two attached hydrogens (primary N) is 1. The summed E-state index contributed by atoms with van der Waals surface area (Å²) in [6, 6.07) is 10.2. The van der Waals surface area contributed by atoms with Crippen LogP contribution in [-0.2, 0) is 4.74 Å². The van der Waals surface area contributed by atoms with Gasteiger partial charge in [-0.25, -0.2) is 0 Å². The molecule has 3 nitrogen and oxygen atoms in total. The van der Waals surface area contributed by atoms with Crippen LogP contribution in [0.15, 0.2) is 30.3 Å². The van der Waals surface area contributed by atoms with Crippen LogP contribution in [0.5, 0.6) is 0 Å². The highest BCUT2D eigenvalue weighted by Gasteiger charge is 2.15. The van der Waals surface area contributed by atoms with Crippen molar-refractivity contribution >= 4 is 10.9 Å². The van der Waals surface area contributed by atoms with Crippen molar-refractivity contribution in [2.75, 3.05) is 6.61 Å². The molecule has 0 aliphatic rings. The first-order valence-electron chi connectivity index (χ1n) is 6.36. The average molecular weight is 244 g/mol. The molecule has 0 saturated carbocycles. The molecule has 3 heteroatoms. The largest absolute Gasteiger partial charge is 0.377 e. The summed E-state index contributed by atoms with van der Waals surface area (Å²) in [5.41, 5.74) is 9.33. The van der Waals surface area contributed by atoms with Crippen LogP contribution in [0, 0.1) is 6.92 Å². The van der Waals surface area contributed by atoms with Crippen molar-refractivity contribution in [2.24, 2.45) is 5.73 Å².